The van der Waals surface area contributed by atoms with Gasteiger partial charge in [0.2, 0.25) is 5.76 Å². The number of carbonyl (C=O) groups excluding carboxylic acids is 2. The van der Waals surface area contributed by atoms with Crippen LogP contribution in [0.5, 0.6) is 5.75 Å². The normalized spacial score (nSPS) is 16.7. The van der Waals surface area contributed by atoms with E-state index in [1.807, 2.05) is 4.90 Å². The summed E-state index contributed by atoms with van der Waals surface area (Å²) in [7, 11) is 1.26. The smallest absolute Gasteiger partial charge is 0.449 e. The Labute approximate surface area is 307 Å². The monoisotopic (exact) mass is 767 g/mol. The minimum Gasteiger partial charge on any atom is -0.508 e. The van der Waals surface area contributed by atoms with E-state index >= 15 is 4.39 Å². The van der Waals surface area contributed by atoms with Crippen molar-refractivity contribution in [1.29, 1.82) is 0 Å². The Morgan fingerprint density at radius 3 is 2.30 bits per heavy atom. The Balaban J connectivity index is 1.46. The molecule has 1 fully saturated rings. The van der Waals surface area contributed by atoms with Crippen LogP contribution in [0.25, 0.3) is 0 Å². The fraction of sp³-hybridized carbons (Fsp3) is 0.405. The number of methoxy groups -OCH3 is 1. The van der Waals surface area contributed by atoms with Gasteiger partial charge in [-0.1, -0.05) is 30.8 Å². The quantitative estimate of drug-likeness (QED) is 0.113. The summed E-state index contributed by atoms with van der Waals surface area (Å²) in [5.41, 5.74) is -1.11. The lowest BCUT2D eigenvalue weighted by Gasteiger charge is -2.46. The highest BCUT2D eigenvalue weighted by molar-refractivity contribution is 5.96. The number of halogens is 7. The van der Waals surface area contributed by atoms with E-state index in [-0.39, 0.29) is 67.9 Å². The largest absolute Gasteiger partial charge is 0.508 e. The van der Waals surface area contributed by atoms with Crippen molar-refractivity contribution in [3.05, 3.63) is 112 Å². The lowest BCUT2D eigenvalue weighted by atomic mass is 10.0. The molecule has 17 heteroatoms. The van der Waals surface area contributed by atoms with Crippen LogP contribution in [0, 0.1) is 5.82 Å². The Morgan fingerprint density at radius 2 is 1.67 bits per heavy atom. The molecule has 1 atom stereocenters. The summed E-state index contributed by atoms with van der Waals surface area (Å²) < 4.78 is 107. The summed E-state index contributed by atoms with van der Waals surface area (Å²) in [6, 6.07) is 10.4. The Kier molecular flexibility index (Phi) is 12.3. The van der Waals surface area contributed by atoms with Crippen molar-refractivity contribution < 1.29 is 54.6 Å². The van der Waals surface area contributed by atoms with Crippen LogP contribution >= 0.6 is 0 Å². The van der Waals surface area contributed by atoms with Crippen LogP contribution in [0.2, 0.25) is 0 Å². The number of aromatic hydroxyl groups is 1. The van der Waals surface area contributed by atoms with E-state index in [2.05, 4.69) is 11.9 Å². The van der Waals surface area contributed by atoms with Crippen LogP contribution < -0.4 is 5.32 Å². The molecule has 0 spiro atoms. The predicted molar refractivity (Wildman–Crippen MR) is 181 cm³/mol. The molecule has 0 radical (unpaired) electrons. The van der Waals surface area contributed by atoms with Crippen molar-refractivity contribution in [2.45, 2.75) is 51.2 Å². The van der Waals surface area contributed by atoms with E-state index in [9.17, 15) is 41.0 Å². The van der Waals surface area contributed by atoms with E-state index in [4.69, 9.17) is 9.15 Å². The van der Waals surface area contributed by atoms with Gasteiger partial charge in [-0.05, 0) is 50.2 Å². The van der Waals surface area contributed by atoms with Gasteiger partial charge in [-0.15, -0.1) is 0 Å². The molecule has 1 saturated heterocycles. The van der Waals surface area contributed by atoms with Crippen molar-refractivity contribution in [3.63, 3.8) is 0 Å². The summed E-state index contributed by atoms with van der Waals surface area (Å²) in [5, 5.41) is 14.0. The van der Waals surface area contributed by atoms with Gasteiger partial charge in [0.15, 0.2) is 0 Å². The lowest BCUT2D eigenvalue weighted by molar-refractivity contribution is -0.153. The van der Waals surface area contributed by atoms with Crippen molar-refractivity contribution in [2.75, 3.05) is 46.4 Å². The number of phenols is 1. The van der Waals surface area contributed by atoms with Crippen LogP contribution in [0.3, 0.4) is 0 Å². The zero-order valence-electron chi connectivity index (χ0n) is 29.6. The number of rotatable bonds is 13. The Bertz CT molecular complexity index is 1870. The number of hydrogen-bond donors (Lipinski definition) is 2. The fourth-order valence-corrected chi connectivity index (χ4v) is 6.59. The van der Waals surface area contributed by atoms with Gasteiger partial charge in [0.25, 0.3) is 5.91 Å². The van der Waals surface area contributed by atoms with Gasteiger partial charge in [0.05, 0.1) is 31.8 Å². The number of amides is 1. The van der Waals surface area contributed by atoms with Crippen LogP contribution in [-0.2, 0) is 39.8 Å². The molecule has 0 saturated carbocycles. The molecule has 1 amide bonds. The molecule has 54 heavy (non-hydrogen) atoms. The molecule has 2 aromatic carbocycles. The highest BCUT2D eigenvalue weighted by Crippen LogP contribution is 2.38. The molecule has 0 unspecified atom stereocenters. The summed E-state index contributed by atoms with van der Waals surface area (Å²) >= 11 is 0. The van der Waals surface area contributed by atoms with Crippen LogP contribution in [-0.4, -0.2) is 83.0 Å². The number of benzene rings is 2. The molecular weight excluding hydrogens is 727 g/mol. The predicted octanol–water partition coefficient (Wildman–Crippen LogP) is 6.61. The second-order valence-electron chi connectivity index (χ2n) is 12.9. The molecule has 2 N–H and O–H groups in total. The number of ether oxygens (including phenoxy) is 1. The first-order valence-electron chi connectivity index (χ1n) is 17.0. The number of esters is 1. The first kappa shape index (κ1) is 40.2. The minimum atomic E-state index is -4.89. The summed E-state index contributed by atoms with van der Waals surface area (Å²) in [4.78, 5) is 32.4. The first-order valence-corrected chi connectivity index (χ1v) is 17.0. The number of piperazine rings is 1. The van der Waals surface area contributed by atoms with Crippen LogP contribution in [0.4, 0.5) is 30.7 Å². The molecule has 2 aliphatic heterocycles. The number of nitrogens with zero attached hydrogens (tertiary/aromatic N) is 4. The molecule has 0 aliphatic carbocycles. The number of hydrogen-bond acceptors (Lipinski definition) is 9. The maximum Gasteiger partial charge on any atom is 0.449 e. The van der Waals surface area contributed by atoms with Gasteiger partial charge in [-0.25, -0.2) is 4.39 Å². The Hall–Kier alpha value is -5.03. The summed E-state index contributed by atoms with van der Waals surface area (Å²) in [5.74, 6) is -3.23. The Morgan fingerprint density at radius 1 is 0.963 bits per heavy atom. The first-order chi connectivity index (χ1) is 25.5. The molecule has 10 nitrogen and oxygen atoms in total. The number of carbonyl (C=O) groups is 2. The molecule has 3 heterocycles. The van der Waals surface area contributed by atoms with Gasteiger partial charge in [0, 0.05) is 56.0 Å². The van der Waals surface area contributed by atoms with Crippen LogP contribution in [0.1, 0.15) is 54.0 Å². The maximum absolute atomic E-state index is 15.2. The van der Waals surface area contributed by atoms with Gasteiger partial charge < -0.3 is 29.4 Å². The molecule has 292 valence electrons. The average molecular weight is 768 g/mol. The molecular formula is C37H40F7N5O5. The second-order valence-corrected chi connectivity index (χ2v) is 12.9. The van der Waals surface area contributed by atoms with E-state index in [0.29, 0.717) is 25.1 Å². The molecule has 5 rings (SSSR count). The van der Waals surface area contributed by atoms with E-state index < -0.39 is 59.5 Å². The molecule has 3 aromatic rings. The molecule has 1 aromatic heterocycles. The van der Waals surface area contributed by atoms with Crippen molar-refractivity contribution in [1.82, 2.24) is 24.9 Å². The SMILES string of the molecule is C=C1N(C[C@H](NCCCC(=O)OC)c2ccccc2O)C(=O)C(N2CCN(Cc3ccc(C(F)(F)F)o3)CC2)=C(C)N1Cc1c(F)cccc1C(F)(F)F. The van der Waals surface area contributed by atoms with Gasteiger partial charge in [-0.2, -0.15) is 26.3 Å². The highest BCUT2D eigenvalue weighted by atomic mass is 19.4. The standard InChI is InChI=1S/C37H40F7N5O5/c1-23-34(47-18-16-46(17-19-47)20-25-13-14-32(54-25)37(42,43)44)35(52)49(24(2)48(23)21-27-28(36(39,40)41)9-6-10-29(27)38)22-30(26-8-4-5-11-31(26)50)45-15-7-12-33(51)53-3/h4-6,8-11,13-14,30,45,50H,2,7,12,15-22H2,1,3H3/t30-/m0/s1. The average Bonchev–Trinajstić information content (AvgIpc) is 3.60. The highest BCUT2D eigenvalue weighted by Gasteiger charge is 2.41. The minimum absolute atomic E-state index is 0.0358. The summed E-state index contributed by atoms with van der Waals surface area (Å²) in [6.45, 7) is 6.13. The van der Waals surface area contributed by atoms with Gasteiger partial charge in [-0.3, -0.25) is 19.4 Å². The number of nitrogens with one attached hydrogen (secondary N) is 1. The van der Waals surface area contributed by atoms with E-state index in [1.54, 1.807) is 23.1 Å². The zero-order chi connectivity index (χ0) is 39.4. The number of phenolic OH excluding ortho intramolecular Hbond substituents is 1. The number of para-hydroxylation sites is 1. The zero-order valence-corrected chi connectivity index (χ0v) is 29.6. The van der Waals surface area contributed by atoms with E-state index in [0.717, 1.165) is 24.3 Å². The third-order valence-electron chi connectivity index (χ3n) is 9.42. The van der Waals surface area contributed by atoms with Crippen molar-refractivity contribution in [2.24, 2.45) is 0 Å². The maximum atomic E-state index is 15.2. The second kappa shape index (κ2) is 16.5. The molecule has 2 aliphatic rings. The van der Waals surface area contributed by atoms with Crippen LogP contribution in [0.15, 0.2) is 82.8 Å². The third-order valence-corrected chi connectivity index (χ3v) is 9.42. The topological polar surface area (TPSA) is 102 Å². The van der Waals surface area contributed by atoms with Gasteiger partial charge >= 0.3 is 18.3 Å². The third kappa shape index (κ3) is 9.18. The number of furan rings is 1. The number of alkyl halides is 6. The van der Waals surface area contributed by atoms with Gasteiger partial charge in [0.1, 0.15) is 28.8 Å². The number of allylic oxidation sites excluding steroid dienone is 1. The summed E-state index contributed by atoms with van der Waals surface area (Å²) in [6.07, 6.45) is -9.09. The van der Waals surface area contributed by atoms with Crippen molar-refractivity contribution in [3.8, 4) is 5.75 Å². The van der Waals surface area contributed by atoms with E-state index in [1.165, 1.54) is 36.0 Å². The van der Waals surface area contributed by atoms with Crippen molar-refractivity contribution >= 4 is 11.9 Å². The fourth-order valence-electron chi connectivity index (χ4n) is 6.59. The molecule has 0 bridgehead atoms. The lowest BCUT2D eigenvalue weighted by Crippen LogP contribution is -2.54.